The van der Waals surface area contributed by atoms with Crippen molar-refractivity contribution in [3.05, 3.63) is 37.6 Å². The van der Waals surface area contributed by atoms with E-state index in [1.165, 1.54) is 0 Å². The molecule has 0 spiro atoms. The molecule has 1 aromatic carbocycles. The molecule has 0 unspecified atom stereocenters. The van der Waals surface area contributed by atoms with Crippen LogP contribution in [0, 0.1) is 3.57 Å². The summed E-state index contributed by atoms with van der Waals surface area (Å²) in [5.74, 6) is -1.06. The van der Waals surface area contributed by atoms with E-state index in [-0.39, 0.29) is 5.69 Å². The zero-order valence-electron chi connectivity index (χ0n) is 9.39. The first kappa shape index (κ1) is 13.5. The van der Waals surface area contributed by atoms with E-state index in [1.807, 2.05) is 25.1 Å². The lowest BCUT2D eigenvalue weighted by Gasteiger charge is -2.07. The summed E-state index contributed by atoms with van der Waals surface area (Å²) in [4.78, 5) is 11.0. The van der Waals surface area contributed by atoms with Gasteiger partial charge in [-0.25, -0.2) is 9.48 Å². The second-order valence-corrected chi connectivity index (χ2v) is 5.65. The average molecular weight is 422 g/mol. The van der Waals surface area contributed by atoms with Gasteiger partial charge in [-0.3, -0.25) is 0 Å². The Morgan fingerprint density at radius 2 is 2.28 bits per heavy atom. The van der Waals surface area contributed by atoms with Crippen LogP contribution in [0.2, 0.25) is 0 Å². The zero-order valence-corrected chi connectivity index (χ0v) is 13.1. The molecule has 0 amide bonds. The highest BCUT2D eigenvalue weighted by Gasteiger charge is 2.19. The van der Waals surface area contributed by atoms with Gasteiger partial charge >= 0.3 is 5.97 Å². The lowest BCUT2D eigenvalue weighted by atomic mass is 10.2. The van der Waals surface area contributed by atoms with Crippen molar-refractivity contribution in [1.82, 2.24) is 15.0 Å². The molecular formula is C11H9BrIN3O2. The largest absolute Gasteiger partial charge is 0.476 e. The second-order valence-electron chi connectivity index (χ2n) is 3.55. The Bertz CT molecular complexity index is 612. The minimum atomic E-state index is -1.06. The molecular weight excluding hydrogens is 413 g/mol. The molecule has 0 fully saturated rings. The van der Waals surface area contributed by atoms with E-state index in [4.69, 9.17) is 5.11 Å². The molecule has 0 bridgehead atoms. The fourth-order valence-electron chi connectivity index (χ4n) is 1.63. The molecule has 0 aliphatic heterocycles. The summed E-state index contributed by atoms with van der Waals surface area (Å²) in [6, 6.07) is 5.75. The summed E-state index contributed by atoms with van der Waals surface area (Å²) in [5, 5.41) is 16.7. The maximum absolute atomic E-state index is 11.0. The summed E-state index contributed by atoms with van der Waals surface area (Å²) in [7, 11) is 0. The second kappa shape index (κ2) is 5.35. The van der Waals surface area contributed by atoms with Gasteiger partial charge in [0.15, 0.2) is 5.69 Å². The van der Waals surface area contributed by atoms with E-state index in [1.54, 1.807) is 4.68 Å². The van der Waals surface area contributed by atoms with Gasteiger partial charge in [0.05, 0.1) is 11.4 Å². The molecule has 18 heavy (non-hydrogen) atoms. The molecule has 1 N–H and O–H groups in total. The Morgan fingerprint density at radius 3 is 2.83 bits per heavy atom. The molecule has 0 saturated heterocycles. The highest BCUT2D eigenvalue weighted by Crippen LogP contribution is 2.24. The van der Waals surface area contributed by atoms with Crippen molar-refractivity contribution in [3.8, 4) is 5.69 Å². The van der Waals surface area contributed by atoms with Crippen LogP contribution < -0.4 is 0 Å². The van der Waals surface area contributed by atoms with E-state index >= 15 is 0 Å². The minimum Gasteiger partial charge on any atom is -0.476 e. The SMILES string of the molecule is CCc1c(C(=O)O)nnn1-c1ccc(I)cc1Br. The number of hydrogen-bond acceptors (Lipinski definition) is 3. The lowest BCUT2D eigenvalue weighted by molar-refractivity contribution is 0.0689. The third-order valence-corrected chi connectivity index (χ3v) is 3.74. The number of carbonyl (C=O) groups is 1. The minimum absolute atomic E-state index is 0.00273. The maximum atomic E-state index is 11.0. The highest BCUT2D eigenvalue weighted by molar-refractivity contribution is 14.1. The van der Waals surface area contributed by atoms with E-state index in [0.29, 0.717) is 12.1 Å². The molecule has 7 heteroatoms. The summed E-state index contributed by atoms with van der Waals surface area (Å²) in [6.07, 6.45) is 0.549. The van der Waals surface area contributed by atoms with Crippen molar-refractivity contribution in [1.29, 1.82) is 0 Å². The van der Waals surface area contributed by atoms with Gasteiger partial charge < -0.3 is 5.11 Å². The molecule has 0 radical (unpaired) electrons. The normalized spacial score (nSPS) is 10.6. The first-order valence-corrected chi connectivity index (χ1v) is 7.05. The van der Waals surface area contributed by atoms with Gasteiger partial charge in [0, 0.05) is 8.04 Å². The van der Waals surface area contributed by atoms with Gasteiger partial charge in [-0.1, -0.05) is 12.1 Å². The molecule has 0 aliphatic carbocycles. The number of carboxylic acid groups (broad SMARTS) is 1. The molecule has 0 atom stereocenters. The third-order valence-electron chi connectivity index (χ3n) is 2.44. The van der Waals surface area contributed by atoms with Gasteiger partial charge in [0.1, 0.15) is 0 Å². The summed E-state index contributed by atoms with van der Waals surface area (Å²) >= 11 is 5.66. The molecule has 0 aliphatic rings. The molecule has 2 aromatic rings. The van der Waals surface area contributed by atoms with Crippen LogP contribution in [-0.2, 0) is 6.42 Å². The van der Waals surface area contributed by atoms with Crippen LogP contribution >= 0.6 is 38.5 Å². The van der Waals surface area contributed by atoms with E-state index in [9.17, 15) is 4.79 Å². The molecule has 5 nitrogen and oxygen atoms in total. The number of aromatic nitrogens is 3. The van der Waals surface area contributed by atoms with Gasteiger partial charge in [-0.05, 0) is 63.1 Å². The Balaban J connectivity index is 2.60. The van der Waals surface area contributed by atoms with E-state index < -0.39 is 5.97 Å². The van der Waals surface area contributed by atoms with Crippen LogP contribution in [0.3, 0.4) is 0 Å². The van der Waals surface area contributed by atoms with Crippen molar-refractivity contribution < 1.29 is 9.90 Å². The first-order chi connectivity index (χ1) is 8.54. The van der Waals surface area contributed by atoms with Gasteiger partial charge in [-0.2, -0.15) is 0 Å². The molecule has 1 heterocycles. The highest BCUT2D eigenvalue weighted by atomic mass is 127. The monoisotopic (exact) mass is 421 g/mol. The van der Waals surface area contributed by atoms with Crippen LogP contribution in [0.15, 0.2) is 22.7 Å². The summed E-state index contributed by atoms with van der Waals surface area (Å²) in [6.45, 7) is 1.88. The van der Waals surface area contributed by atoms with Gasteiger partial charge in [0.25, 0.3) is 0 Å². The zero-order chi connectivity index (χ0) is 13.3. The predicted molar refractivity (Wildman–Crippen MR) is 78.1 cm³/mol. The van der Waals surface area contributed by atoms with Crippen molar-refractivity contribution >= 4 is 44.5 Å². The van der Waals surface area contributed by atoms with Crippen molar-refractivity contribution in [2.75, 3.05) is 0 Å². The Hall–Kier alpha value is -0.960. The van der Waals surface area contributed by atoms with E-state index in [0.717, 1.165) is 13.7 Å². The smallest absolute Gasteiger partial charge is 0.358 e. The Kier molecular flexibility index (Phi) is 4.00. The molecule has 2 rings (SSSR count). The van der Waals surface area contributed by atoms with Gasteiger partial charge in [-0.15, -0.1) is 5.10 Å². The number of hydrogen-bond donors (Lipinski definition) is 1. The first-order valence-electron chi connectivity index (χ1n) is 5.18. The number of carboxylic acids is 1. The number of aromatic carboxylic acids is 1. The fourth-order valence-corrected chi connectivity index (χ4v) is 3.10. The van der Waals surface area contributed by atoms with Crippen molar-refractivity contribution in [2.45, 2.75) is 13.3 Å². The maximum Gasteiger partial charge on any atom is 0.358 e. The third kappa shape index (κ3) is 2.41. The molecule has 94 valence electrons. The van der Waals surface area contributed by atoms with Crippen LogP contribution in [0.25, 0.3) is 5.69 Å². The topological polar surface area (TPSA) is 68.0 Å². The summed E-state index contributed by atoms with van der Waals surface area (Å²) < 4.78 is 3.50. The number of benzene rings is 1. The average Bonchev–Trinajstić information content (AvgIpc) is 2.72. The van der Waals surface area contributed by atoms with Gasteiger partial charge in [0.2, 0.25) is 0 Å². The fraction of sp³-hybridized carbons (Fsp3) is 0.182. The standard InChI is InChI=1S/C11H9BrIN3O2/c1-2-8-10(11(17)18)14-15-16(8)9-4-3-6(13)5-7(9)12/h3-5H,2H2,1H3,(H,17,18). The van der Waals surface area contributed by atoms with Crippen LogP contribution in [-0.4, -0.2) is 26.1 Å². The Labute approximate surface area is 125 Å². The Morgan fingerprint density at radius 1 is 1.56 bits per heavy atom. The van der Waals surface area contributed by atoms with E-state index in [2.05, 4.69) is 48.8 Å². The molecule has 1 aromatic heterocycles. The number of rotatable bonds is 3. The van der Waals surface area contributed by atoms with Crippen molar-refractivity contribution in [2.24, 2.45) is 0 Å². The summed E-state index contributed by atoms with van der Waals surface area (Å²) in [5.41, 5.74) is 1.37. The van der Waals surface area contributed by atoms with Crippen LogP contribution in [0.1, 0.15) is 23.1 Å². The quantitative estimate of drug-likeness (QED) is 0.773. The van der Waals surface area contributed by atoms with Crippen molar-refractivity contribution in [3.63, 3.8) is 0 Å². The molecule has 0 saturated carbocycles. The number of nitrogens with zero attached hydrogens (tertiary/aromatic N) is 3. The predicted octanol–water partition coefficient (Wildman–Crippen LogP) is 2.90. The van der Waals surface area contributed by atoms with Crippen LogP contribution in [0.5, 0.6) is 0 Å². The lowest BCUT2D eigenvalue weighted by Crippen LogP contribution is -2.06. The van der Waals surface area contributed by atoms with Crippen LogP contribution in [0.4, 0.5) is 0 Å². The number of halogens is 2.